The van der Waals surface area contributed by atoms with Gasteiger partial charge in [-0.05, 0) is 47.9 Å². The van der Waals surface area contributed by atoms with Crippen LogP contribution in [0, 0.1) is 12.7 Å². The Morgan fingerprint density at radius 1 is 1.06 bits per heavy atom. The number of urea groups is 1. The molecule has 180 valence electrons. The number of imide groups is 1. The van der Waals surface area contributed by atoms with E-state index in [1.165, 1.54) is 19.2 Å². The molecule has 1 aliphatic heterocycles. The molecule has 2 unspecified atom stereocenters. The molecule has 0 saturated carbocycles. The van der Waals surface area contributed by atoms with E-state index in [9.17, 15) is 18.8 Å². The third kappa shape index (κ3) is 4.87. The molecule has 3 aromatic carbocycles. The number of carbonyl (C=O) groups excluding carboxylic acids is 3. The Morgan fingerprint density at radius 3 is 2.37 bits per heavy atom. The molecule has 1 saturated heterocycles. The molecule has 0 spiro atoms. The molecule has 8 heteroatoms. The van der Waals surface area contributed by atoms with Crippen molar-refractivity contribution in [2.24, 2.45) is 0 Å². The Kier molecular flexibility index (Phi) is 6.82. The monoisotopic (exact) mass is 475 g/mol. The minimum Gasteiger partial charge on any atom is -0.497 e. The van der Waals surface area contributed by atoms with Crippen molar-refractivity contribution in [3.8, 4) is 5.75 Å². The van der Waals surface area contributed by atoms with E-state index in [0.717, 1.165) is 10.5 Å². The number of ether oxygens (including phenoxy) is 1. The minimum absolute atomic E-state index is 0.0235. The lowest BCUT2D eigenvalue weighted by Crippen LogP contribution is -2.50. The summed E-state index contributed by atoms with van der Waals surface area (Å²) in [7, 11) is 1.53. The summed E-state index contributed by atoms with van der Waals surface area (Å²) in [5, 5.41) is 5.25. The number of halogens is 1. The predicted molar refractivity (Wildman–Crippen MR) is 130 cm³/mol. The Hall–Kier alpha value is -4.20. The van der Waals surface area contributed by atoms with Crippen molar-refractivity contribution in [2.45, 2.75) is 31.8 Å². The molecule has 0 aliphatic carbocycles. The van der Waals surface area contributed by atoms with E-state index in [2.05, 4.69) is 10.6 Å². The summed E-state index contributed by atoms with van der Waals surface area (Å²) < 4.78 is 19.6. The number of nitrogens with one attached hydrogen (secondary N) is 2. The van der Waals surface area contributed by atoms with Gasteiger partial charge in [0.1, 0.15) is 23.7 Å². The zero-order chi connectivity index (χ0) is 25.1. The number of anilines is 1. The summed E-state index contributed by atoms with van der Waals surface area (Å²) >= 11 is 0. The van der Waals surface area contributed by atoms with Crippen LogP contribution in [-0.2, 0) is 9.59 Å². The van der Waals surface area contributed by atoms with E-state index in [1.807, 2.05) is 30.3 Å². The van der Waals surface area contributed by atoms with Crippen LogP contribution in [-0.4, -0.2) is 35.9 Å². The van der Waals surface area contributed by atoms with Gasteiger partial charge in [-0.2, -0.15) is 0 Å². The first-order valence-corrected chi connectivity index (χ1v) is 11.2. The third-order valence-electron chi connectivity index (χ3n) is 6.15. The number of rotatable bonds is 7. The van der Waals surface area contributed by atoms with E-state index in [4.69, 9.17) is 4.74 Å². The summed E-state index contributed by atoms with van der Waals surface area (Å²) in [6, 6.07) is 17.4. The van der Waals surface area contributed by atoms with Crippen molar-refractivity contribution in [3.63, 3.8) is 0 Å². The highest BCUT2D eigenvalue weighted by Gasteiger charge is 2.47. The molecule has 1 aliphatic rings. The Bertz CT molecular complexity index is 1250. The van der Waals surface area contributed by atoms with Crippen LogP contribution < -0.4 is 15.4 Å². The van der Waals surface area contributed by atoms with Crippen LogP contribution in [0.5, 0.6) is 5.75 Å². The van der Waals surface area contributed by atoms with E-state index >= 15 is 0 Å². The Labute approximate surface area is 202 Å². The van der Waals surface area contributed by atoms with Gasteiger partial charge < -0.3 is 15.4 Å². The number of methoxy groups -OCH3 is 1. The van der Waals surface area contributed by atoms with Crippen molar-refractivity contribution < 1.29 is 23.5 Å². The highest BCUT2D eigenvalue weighted by molar-refractivity contribution is 6.10. The molecular formula is C27H26FN3O4. The van der Waals surface area contributed by atoms with E-state index in [1.54, 1.807) is 44.2 Å². The van der Waals surface area contributed by atoms with Crippen LogP contribution in [0.3, 0.4) is 0 Å². The van der Waals surface area contributed by atoms with Gasteiger partial charge in [0.25, 0.3) is 5.91 Å². The van der Waals surface area contributed by atoms with Gasteiger partial charge in [-0.15, -0.1) is 0 Å². The standard InChI is InChI=1S/C27H26FN3O4/c1-16-9-14-22(21(28)15-16)29-25(32)24(17(2)18-7-5-4-6-8-18)31-26(33)23(30-27(31)34)19-10-12-20(35-3)13-11-19/h4-15,17,23-24H,1-3H3,(H,29,32)(H,30,34)/t17?,23-,24?/m1/s1. The zero-order valence-electron chi connectivity index (χ0n) is 19.6. The fourth-order valence-electron chi connectivity index (χ4n) is 4.21. The molecule has 2 N–H and O–H groups in total. The molecule has 35 heavy (non-hydrogen) atoms. The average molecular weight is 476 g/mol. The second-order valence-electron chi connectivity index (χ2n) is 8.48. The summed E-state index contributed by atoms with van der Waals surface area (Å²) in [5.74, 6) is -1.78. The first-order chi connectivity index (χ1) is 16.8. The fourth-order valence-corrected chi connectivity index (χ4v) is 4.21. The molecular weight excluding hydrogens is 449 g/mol. The largest absolute Gasteiger partial charge is 0.497 e. The number of benzene rings is 3. The summed E-state index contributed by atoms with van der Waals surface area (Å²) in [6.07, 6.45) is 0. The third-order valence-corrected chi connectivity index (χ3v) is 6.15. The second-order valence-corrected chi connectivity index (χ2v) is 8.48. The summed E-state index contributed by atoms with van der Waals surface area (Å²) in [4.78, 5) is 41.0. The molecule has 3 atom stereocenters. The fraction of sp³-hybridized carbons (Fsp3) is 0.222. The van der Waals surface area contributed by atoms with Crippen LogP contribution in [0.1, 0.15) is 35.6 Å². The first kappa shape index (κ1) is 23.9. The maximum absolute atomic E-state index is 14.5. The molecule has 4 amide bonds. The maximum atomic E-state index is 14.5. The van der Waals surface area contributed by atoms with Crippen LogP contribution in [0.15, 0.2) is 72.8 Å². The van der Waals surface area contributed by atoms with Crippen molar-refractivity contribution in [1.82, 2.24) is 10.2 Å². The average Bonchev–Trinajstić information content (AvgIpc) is 3.15. The molecule has 1 heterocycles. The SMILES string of the molecule is COc1ccc([C@H]2NC(=O)N(C(C(=O)Nc3ccc(C)cc3F)C(C)c3ccccc3)C2=O)cc1. The van der Waals surface area contributed by atoms with E-state index in [0.29, 0.717) is 16.9 Å². The number of aryl methyl sites for hydroxylation is 1. The molecule has 0 aromatic heterocycles. The molecule has 3 aromatic rings. The lowest BCUT2D eigenvalue weighted by Gasteiger charge is -2.30. The van der Waals surface area contributed by atoms with Crippen LogP contribution in [0.25, 0.3) is 0 Å². The van der Waals surface area contributed by atoms with Gasteiger partial charge in [0.05, 0.1) is 12.8 Å². The zero-order valence-corrected chi connectivity index (χ0v) is 19.6. The van der Waals surface area contributed by atoms with Crippen LogP contribution in [0.2, 0.25) is 0 Å². The lowest BCUT2D eigenvalue weighted by atomic mass is 9.91. The smallest absolute Gasteiger partial charge is 0.325 e. The van der Waals surface area contributed by atoms with Gasteiger partial charge in [0.2, 0.25) is 5.91 Å². The summed E-state index contributed by atoms with van der Waals surface area (Å²) in [5.41, 5.74) is 1.99. The molecule has 4 rings (SSSR count). The van der Waals surface area contributed by atoms with E-state index in [-0.39, 0.29) is 5.69 Å². The normalized spacial score (nSPS) is 17.0. The van der Waals surface area contributed by atoms with Crippen molar-refractivity contribution in [3.05, 3.63) is 95.3 Å². The number of hydrogen-bond donors (Lipinski definition) is 2. The molecule has 0 radical (unpaired) electrons. The van der Waals surface area contributed by atoms with E-state index < -0.39 is 41.7 Å². The molecule has 7 nitrogen and oxygen atoms in total. The van der Waals surface area contributed by atoms with Gasteiger partial charge in [0, 0.05) is 5.92 Å². The van der Waals surface area contributed by atoms with Gasteiger partial charge in [-0.3, -0.25) is 9.59 Å². The number of hydrogen-bond acceptors (Lipinski definition) is 4. The van der Waals surface area contributed by atoms with Gasteiger partial charge in [-0.1, -0.05) is 55.5 Å². The molecule has 0 bridgehead atoms. The molecule has 1 fully saturated rings. The van der Waals surface area contributed by atoms with Gasteiger partial charge in [-0.25, -0.2) is 14.1 Å². The van der Waals surface area contributed by atoms with Crippen molar-refractivity contribution in [2.75, 3.05) is 12.4 Å². The highest BCUT2D eigenvalue weighted by Crippen LogP contribution is 2.31. The van der Waals surface area contributed by atoms with Crippen molar-refractivity contribution >= 4 is 23.5 Å². The van der Waals surface area contributed by atoms with Gasteiger partial charge in [0.15, 0.2) is 0 Å². The second kappa shape index (κ2) is 9.97. The summed E-state index contributed by atoms with van der Waals surface area (Å²) in [6.45, 7) is 3.49. The van der Waals surface area contributed by atoms with Crippen LogP contribution in [0.4, 0.5) is 14.9 Å². The number of nitrogens with zero attached hydrogens (tertiary/aromatic N) is 1. The topological polar surface area (TPSA) is 87.7 Å². The minimum atomic E-state index is -1.21. The van der Waals surface area contributed by atoms with Crippen LogP contribution >= 0.6 is 0 Å². The first-order valence-electron chi connectivity index (χ1n) is 11.2. The predicted octanol–water partition coefficient (Wildman–Crippen LogP) is 4.55. The Morgan fingerprint density at radius 2 is 1.74 bits per heavy atom. The van der Waals surface area contributed by atoms with Gasteiger partial charge >= 0.3 is 6.03 Å². The number of amides is 4. The number of carbonyl (C=O) groups is 3. The Balaban J connectivity index is 1.68. The maximum Gasteiger partial charge on any atom is 0.325 e. The highest BCUT2D eigenvalue weighted by atomic mass is 19.1. The quantitative estimate of drug-likeness (QED) is 0.491. The lowest BCUT2D eigenvalue weighted by molar-refractivity contribution is -0.134. The van der Waals surface area contributed by atoms with Crippen molar-refractivity contribution in [1.29, 1.82) is 0 Å².